The Bertz CT molecular complexity index is 1230. The van der Waals surface area contributed by atoms with Gasteiger partial charge in [-0.1, -0.05) is 0 Å². The number of aryl methyl sites for hydroxylation is 1. The number of fused-ring (bicyclic) bond motifs is 1. The molecule has 0 N–H and O–H groups in total. The van der Waals surface area contributed by atoms with E-state index in [0.29, 0.717) is 27.9 Å². The van der Waals surface area contributed by atoms with Crippen molar-refractivity contribution in [2.45, 2.75) is 11.8 Å². The molecule has 0 atom stereocenters. The minimum Gasteiger partial charge on any atom is -0.497 e. The van der Waals surface area contributed by atoms with Gasteiger partial charge in [-0.25, -0.2) is 12.8 Å². The van der Waals surface area contributed by atoms with Crippen LogP contribution in [0.3, 0.4) is 0 Å². The molecule has 1 fully saturated rings. The number of amides is 1. The number of piperazine rings is 1. The van der Waals surface area contributed by atoms with Gasteiger partial charge in [0.2, 0.25) is 10.0 Å². The van der Waals surface area contributed by atoms with Crippen LogP contribution >= 0.6 is 0 Å². The first-order valence-corrected chi connectivity index (χ1v) is 11.2. The molecule has 162 valence electrons. The smallest absolute Gasteiger partial charge is 0.254 e. The van der Waals surface area contributed by atoms with Crippen molar-refractivity contribution >= 4 is 26.8 Å². The average molecular weight is 444 g/mol. The molecule has 2 aromatic carbocycles. The lowest BCUT2D eigenvalue weighted by molar-refractivity contribution is 0.0699. The van der Waals surface area contributed by atoms with Gasteiger partial charge in [-0.3, -0.25) is 9.78 Å². The van der Waals surface area contributed by atoms with Gasteiger partial charge in [-0.05, 0) is 49.4 Å². The van der Waals surface area contributed by atoms with Gasteiger partial charge in [0.1, 0.15) is 11.6 Å². The lowest BCUT2D eigenvalue weighted by atomic mass is 10.1. The average Bonchev–Trinajstić information content (AvgIpc) is 2.77. The Morgan fingerprint density at radius 2 is 1.71 bits per heavy atom. The number of halogens is 1. The van der Waals surface area contributed by atoms with E-state index in [0.717, 1.165) is 0 Å². The van der Waals surface area contributed by atoms with Crippen LogP contribution in [0.2, 0.25) is 0 Å². The molecular weight excluding hydrogens is 421 g/mol. The molecular formula is C22H22FN3O4S. The highest BCUT2D eigenvalue weighted by Gasteiger charge is 2.31. The molecule has 1 aromatic heterocycles. The third-order valence-corrected chi connectivity index (χ3v) is 7.27. The number of carbonyl (C=O) groups excluding carboxylic acids is 1. The van der Waals surface area contributed by atoms with Gasteiger partial charge in [-0.15, -0.1) is 0 Å². The monoisotopic (exact) mass is 443 g/mol. The van der Waals surface area contributed by atoms with Crippen molar-refractivity contribution in [2.24, 2.45) is 0 Å². The van der Waals surface area contributed by atoms with Crippen molar-refractivity contribution in [3.05, 3.63) is 65.6 Å². The normalized spacial score (nSPS) is 15.3. The second kappa shape index (κ2) is 8.24. The molecule has 1 aliphatic heterocycles. The fourth-order valence-corrected chi connectivity index (χ4v) is 5.13. The summed E-state index contributed by atoms with van der Waals surface area (Å²) in [6.07, 6.45) is 0. The van der Waals surface area contributed by atoms with E-state index >= 15 is 0 Å². The van der Waals surface area contributed by atoms with Gasteiger partial charge >= 0.3 is 0 Å². The first-order valence-electron chi connectivity index (χ1n) is 9.80. The van der Waals surface area contributed by atoms with Crippen LogP contribution in [0.1, 0.15) is 16.1 Å². The molecule has 4 rings (SSSR count). The minimum absolute atomic E-state index is 0.186. The number of aromatic nitrogens is 1. The third kappa shape index (κ3) is 4.11. The lowest BCUT2D eigenvalue weighted by Crippen LogP contribution is -2.50. The molecule has 1 aliphatic rings. The molecule has 0 bridgehead atoms. The molecule has 2 heterocycles. The van der Waals surface area contributed by atoms with Crippen molar-refractivity contribution < 1.29 is 22.3 Å². The molecule has 0 unspecified atom stereocenters. The quantitative estimate of drug-likeness (QED) is 0.620. The zero-order chi connectivity index (χ0) is 22.2. The first-order chi connectivity index (χ1) is 14.8. The highest BCUT2D eigenvalue weighted by molar-refractivity contribution is 7.89. The van der Waals surface area contributed by atoms with Crippen LogP contribution in [0.15, 0.2) is 53.4 Å². The predicted molar refractivity (Wildman–Crippen MR) is 114 cm³/mol. The Morgan fingerprint density at radius 3 is 2.35 bits per heavy atom. The van der Waals surface area contributed by atoms with Crippen molar-refractivity contribution in [1.29, 1.82) is 0 Å². The number of benzene rings is 2. The van der Waals surface area contributed by atoms with Crippen molar-refractivity contribution in [3.8, 4) is 5.75 Å². The molecule has 7 nitrogen and oxygen atoms in total. The highest BCUT2D eigenvalue weighted by atomic mass is 32.2. The summed E-state index contributed by atoms with van der Waals surface area (Å²) in [5, 5.41) is 0.574. The summed E-state index contributed by atoms with van der Waals surface area (Å²) in [5.41, 5.74) is 1.47. The van der Waals surface area contributed by atoms with E-state index in [1.54, 1.807) is 36.1 Å². The Morgan fingerprint density at radius 1 is 1.03 bits per heavy atom. The molecule has 3 aromatic rings. The number of rotatable bonds is 4. The predicted octanol–water partition coefficient (Wildman–Crippen LogP) is 2.84. The zero-order valence-corrected chi connectivity index (χ0v) is 18.0. The Hall–Kier alpha value is -3.04. The number of nitrogens with zero attached hydrogens (tertiary/aromatic N) is 3. The molecule has 31 heavy (non-hydrogen) atoms. The van der Waals surface area contributed by atoms with Crippen molar-refractivity contribution in [2.75, 3.05) is 33.3 Å². The maximum atomic E-state index is 13.6. The lowest BCUT2D eigenvalue weighted by Gasteiger charge is -2.34. The summed E-state index contributed by atoms with van der Waals surface area (Å²) in [4.78, 5) is 19.3. The fraction of sp³-hybridized carbons (Fsp3) is 0.273. The van der Waals surface area contributed by atoms with Crippen LogP contribution in [0.5, 0.6) is 5.75 Å². The van der Waals surface area contributed by atoms with Crippen LogP contribution < -0.4 is 4.74 Å². The standard InChI is InChI=1S/C22H22FN3O4S/c1-15-13-20(19-8-3-16(23)14-21(19)24-15)22(27)25-9-11-26(12-10-25)31(28,29)18-6-4-17(30-2)5-7-18/h3-8,13-14H,9-12H2,1-2H3. The summed E-state index contributed by atoms with van der Waals surface area (Å²) in [7, 11) is -2.14. The number of carbonyl (C=O) groups is 1. The Balaban J connectivity index is 1.52. The number of pyridine rings is 1. The maximum absolute atomic E-state index is 13.6. The highest BCUT2D eigenvalue weighted by Crippen LogP contribution is 2.24. The molecule has 1 saturated heterocycles. The Labute approximate surface area is 180 Å². The van der Waals surface area contributed by atoms with Crippen LogP contribution in [-0.4, -0.2) is 61.8 Å². The molecule has 0 spiro atoms. The third-order valence-electron chi connectivity index (χ3n) is 5.35. The minimum atomic E-state index is -3.66. The second-order valence-corrected chi connectivity index (χ2v) is 9.28. The van der Waals surface area contributed by atoms with E-state index in [2.05, 4.69) is 4.98 Å². The summed E-state index contributed by atoms with van der Waals surface area (Å²) in [6.45, 7) is 2.66. The number of ether oxygens (including phenoxy) is 1. The van der Waals surface area contributed by atoms with E-state index in [1.807, 2.05) is 0 Å². The SMILES string of the molecule is COc1ccc(S(=O)(=O)N2CCN(C(=O)c3cc(C)nc4cc(F)ccc34)CC2)cc1. The van der Waals surface area contributed by atoms with Gasteiger partial charge in [0.25, 0.3) is 5.91 Å². The molecule has 0 aliphatic carbocycles. The number of hydrogen-bond acceptors (Lipinski definition) is 5. The van der Waals surface area contributed by atoms with E-state index in [4.69, 9.17) is 4.74 Å². The van der Waals surface area contributed by atoms with E-state index < -0.39 is 15.8 Å². The maximum Gasteiger partial charge on any atom is 0.254 e. The van der Waals surface area contributed by atoms with Crippen LogP contribution in [0, 0.1) is 12.7 Å². The summed E-state index contributed by atoms with van der Waals surface area (Å²) in [6, 6.07) is 12.1. The van der Waals surface area contributed by atoms with Gasteiger partial charge in [0, 0.05) is 43.3 Å². The number of hydrogen-bond donors (Lipinski definition) is 0. The molecule has 0 saturated carbocycles. The summed E-state index contributed by atoms with van der Waals surface area (Å²) < 4.78 is 45.9. The zero-order valence-electron chi connectivity index (χ0n) is 17.2. The van der Waals surface area contributed by atoms with Crippen LogP contribution in [0.25, 0.3) is 10.9 Å². The van der Waals surface area contributed by atoms with E-state index in [1.165, 1.54) is 35.7 Å². The number of sulfonamides is 1. The van der Waals surface area contributed by atoms with Crippen LogP contribution in [-0.2, 0) is 10.0 Å². The van der Waals surface area contributed by atoms with Gasteiger partial charge in [0.05, 0.1) is 23.1 Å². The largest absolute Gasteiger partial charge is 0.497 e. The van der Waals surface area contributed by atoms with Gasteiger partial charge < -0.3 is 9.64 Å². The van der Waals surface area contributed by atoms with Gasteiger partial charge in [0.15, 0.2) is 0 Å². The Kier molecular flexibility index (Phi) is 5.63. The second-order valence-electron chi connectivity index (χ2n) is 7.34. The summed E-state index contributed by atoms with van der Waals surface area (Å²) in [5.74, 6) is -0.0564. The topological polar surface area (TPSA) is 79.8 Å². The first kappa shape index (κ1) is 21.2. The van der Waals surface area contributed by atoms with Crippen molar-refractivity contribution in [1.82, 2.24) is 14.2 Å². The van der Waals surface area contributed by atoms with E-state index in [-0.39, 0.29) is 37.0 Å². The molecule has 0 radical (unpaired) electrons. The molecule has 1 amide bonds. The van der Waals surface area contributed by atoms with Gasteiger partial charge in [-0.2, -0.15) is 4.31 Å². The number of methoxy groups -OCH3 is 1. The summed E-state index contributed by atoms with van der Waals surface area (Å²) >= 11 is 0. The van der Waals surface area contributed by atoms with Crippen molar-refractivity contribution in [3.63, 3.8) is 0 Å². The van der Waals surface area contributed by atoms with Crippen LogP contribution in [0.4, 0.5) is 4.39 Å². The molecule has 9 heteroatoms. The fourth-order valence-electron chi connectivity index (χ4n) is 3.71. The van der Waals surface area contributed by atoms with E-state index in [9.17, 15) is 17.6 Å².